The first-order valence-corrected chi connectivity index (χ1v) is 11.6. The summed E-state index contributed by atoms with van der Waals surface area (Å²) in [5, 5.41) is 9.22. The average Bonchev–Trinajstić information content (AvgIpc) is 2.67. The fourth-order valence-electron chi connectivity index (χ4n) is 5.51. The van der Waals surface area contributed by atoms with Crippen LogP contribution in [0.3, 0.4) is 0 Å². The van der Waals surface area contributed by atoms with Crippen LogP contribution in [0.1, 0.15) is 99.8 Å². The van der Waals surface area contributed by atoms with Crippen molar-refractivity contribution in [2.24, 2.45) is 11.8 Å². The number of benzene rings is 1. The zero-order valence-corrected chi connectivity index (χ0v) is 18.5. The molecule has 0 N–H and O–H groups in total. The zero-order valence-electron chi connectivity index (χ0n) is 18.5. The molecule has 0 saturated heterocycles. The number of nitriles is 1. The van der Waals surface area contributed by atoms with E-state index < -0.39 is 11.3 Å². The summed E-state index contributed by atoms with van der Waals surface area (Å²) in [4.78, 5) is 0. The van der Waals surface area contributed by atoms with Crippen LogP contribution < -0.4 is 0 Å². The molecule has 160 valence electrons. The van der Waals surface area contributed by atoms with E-state index in [-0.39, 0.29) is 0 Å². The minimum absolute atomic E-state index is 0.520. The summed E-state index contributed by atoms with van der Waals surface area (Å²) in [6.07, 6.45) is 10.2. The van der Waals surface area contributed by atoms with E-state index in [0.29, 0.717) is 43.9 Å². The monoisotopic (exact) mass is 401 g/mol. The van der Waals surface area contributed by atoms with Crippen molar-refractivity contribution < 1.29 is 8.78 Å². The van der Waals surface area contributed by atoms with E-state index in [1.165, 1.54) is 5.56 Å². The second-order valence-corrected chi connectivity index (χ2v) is 10.2. The maximum Gasteiger partial charge on any atom is 0.111 e. The number of aryl methyl sites for hydroxylation is 3. The number of alkyl halides is 2. The summed E-state index contributed by atoms with van der Waals surface area (Å²) in [5.41, 5.74) is 2.23. The summed E-state index contributed by atoms with van der Waals surface area (Å²) in [6, 6.07) is 6.56. The summed E-state index contributed by atoms with van der Waals surface area (Å²) in [7, 11) is 0. The Labute approximate surface area is 175 Å². The Bertz CT molecular complexity index is 705. The maximum absolute atomic E-state index is 15.3. The second-order valence-electron chi connectivity index (χ2n) is 10.2. The van der Waals surface area contributed by atoms with E-state index in [2.05, 4.69) is 18.2 Å². The molecule has 0 aromatic heterocycles. The highest BCUT2D eigenvalue weighted by Gasteiger charge is 2.37. The Morgan fingerprint density at radius 1 is 0.931 bits per heavy atom. The Morgan fingerprint density at radius 2 is 1.45 bits per heavy atom. The molecule has 0 atom stereocenters. The van der Waals surface area contributed by atoms with Crippen LogP contribution in [0.25, 0.3) is 0 Å². The predicted octanol–water partition coefficient (Wildman–Crippen LogP) is 7.70. The quantitative estimate of drug-likeness (QED) is 0.479. The molecular weight excluding hydrogens is 364 g/mol. The third-order valence-corrected chi connectivity index (χ3v) is 7.70. The van der Waals surface area contributed by atoms with Gasteiger partial charge >= 0.3 is 0 Å². The molecule has 2 saturated carbocycles. The van der Waals surface area contributed by atoms with E-state index in [1.54, 1.807) is 6.92 Å². The molecule has 0 radical (unpaired) electrons. The molecule has 1 aromatic carbocycles. The Morgan fingerprint density at radius 3 is 2.00 bits per heavy atom. The Balaban J connectivity index is 1.41. The van der Waals surface area contributed by atoms with Gasteiger partial charge in [-0.05, 0) is 126 Å². The predicted molar refractivity (Wildman–Crippen MR) is 115 cm³/mol. The van der Waals surface area contributed by atoms with E-state index >= 15 is 4.39 Å². The lowest BCUT2D eigenvalue weighted by molar-refractivity contribution is 0.0530. The van der Waals surface area contributed by atoms with Crippen molar-refractivity contribution in [3.8, 4) is 6.07 Å². The fourth-order valence-corrected chi connectivity index (χ4v) is 5.51. The molecule has 29 heavy (non-hydrogen) atoms. The third kappa shape index (κ3) is 6.03. The molecule has 0 heterocycles. The summed E-state index contributed by atoms with van der Waals surface area (Å²) < 4.78 is 29.2. The topological polar surface area (TPSA) is 23.8 Å². The first-order chi connectivity index (χ1) is 13.7. The van der Waals surface area contributed by atoms with Crippen LogP contribution in [0.4, 0.5) is 8.78 Å². The van der Waals surface area contributed by atoms with Crippen molar-refractivity contribution in [1.82, 2.24) is 0 Å². The summed E-state index contributed by atoms with van der Waals surface area (Å²) >= 11 is 0. The zero-order chi connectivity index (χ0) is 21.1. The summed E-state index contributed by atoms with van der Waals surface area (Å²) in [6.45, 7) is 5.72. The van der Waals surface area contributed by atoms with Gasteiger partial charge in [-0.1, -0.05) is 12.1 Å². The van der Waals surface area contributed by atoms with Crippen molar-refractivity contribution in [3.05, 3.63) is 34.4 Å². The molecule has 2 fully saturated rings. The van der Waals surface area contributed by atoms with Gasteiger partial charge in [0.25, 0.3) is 0 Å². The molecule has 0 amide bonds. The smallest absolute Gasteiger partial charge is 0.111 e. The number of hydrogen-bond acceptors (Lipinski definition) is 1. The Kier molecular flexibility index (Phi) is 7.02. The highest BCUT2D eigenvalue weighted by molar-refractivity contribution is 5.45. The standard InChI is InChI=1S/C26H37F2N/c1-19-16-23(17-20(2)24(19)18-29)5-4-21-8-13-26(28,14-9-21)15-10-22-6-11-25(3,27)12-7-22/h16-17,21-22H,4-15H2,1-3H3. The molecule has 1 nitrogen and oxygen atoms in total. The van der Waals surface area contributed by atoms with Gasteiger partial charge in [-0.25, -0.2) is 8.78 Å². The molecule has 3 rings (SSSR count). The van der Waals surface area contributed by atoms with Crippen molar-refractivity contribution in [1.29, 1.82) is 5.26 Å². The van der Waals surface area contributed by atoms with Crippen molar-refractivity contribution in [2.75, 3.05) is 0 Å². The minimum Gasteiger partial charge on any atom is -0.244 e. The van der Waals surface area contributed by atoms with Crippen molar-refractivity contribution >= 4 is 0 Å². The molecule has 0 aliphatic heterocycles. The molecular formula is C26H37F2N. The van der Waals surface area contributed by atoms with Crippen LogP contribution in [-0.4, -0.2) is 11.3 Å². The SMILES string of the molecule is Cc1cc(CCC2CCC(F)(CCC3CCC(C)(F)CC3)CC2)cc(C)c1C#N. The number of nitrogens with zero attached hydrogens (tertiary/aromatic N) is 1. The van der Waals surface area contributed by atoms with Crippen molar-refractivity contribution in [3.63, 3.8) is 0 Å². The molecule has 1 aromatic rings. The van der Waals surface area contributed by atoms with Gasteiger partial charge in [-0.15, -0.1) is 0 Å². The average molecular weight is 402 g/mol. The fraction of sp³-hybridized carbons (Fsp3) is 0.731. The van der Waals surface area contributed by atoms with E-state index in [0.717, 1.165) is 61.6 Å². The van der Waals surface area contributed by atoms with Crippen LogP contribution >= 0.6 is 0 Å². The van der Waals surface area contributed by atoms with Gasteiger partial charge in [-0.2, -0.15) is 5.26 Å². The highest BCUT2D eigenvalue weighted by Crippen LogP contribution is 2.43. The minimum atomic E-state index is -0.992. The lowest BCUT2D eigenvalue weighted by Crippen LogP contribution is -2.31. The lowest BCUT2D eigenvalue weighted by atomic mass is 9.73. The number of halogens is 2. The van der Waals surface area contributed by atoms with E-state index in [1.807, 2.05) is 13.8 Å². The second kappa shape index (κ2) is 9.15. The van der Waals surface area contributed by atoms with Gasteiger partial charge in [0.2, 0.25) is 0 Å². The van der Waals surface area contributed by atoms with Gasteiger partial charge < -0.3 is 0 Å². The van der Waals surface area contributed by atoms with Gasteiger partial charge in [0.15, 0.2) is 0 Å². The first-order valence-electron chi connectivity index (χ1n) is 11.6. The maximum atomic E-state index is 15.3. The normalized spacial score (nSPS) is 32.7. The van der Waals surface area contributed by atoms with Gasteiger partial charge in [0.1, 0.15) is 11.3 Å². The van der Waals surface area contributed by atoms with Crippen LogP contribution in [0.2, 0.25) is 0 Å². The van der Waals surface area contributed by atoms with Crippen LogP contribution in [0.5, 0.6) is 0 Å². The van der Waals surface area contributed by atoms with Crippen LogP contribution in [-0.2, 0) is 6.42 Å². The molecule has 0 bridgehead atoms. The van der Waals surface area contributed by atoms with E-state index in [4.69, 9.17) is 0 Å². The highest BCUT2D eigenvalue weighted by atomic mass is 19.1. The van der Waals surface area contributed by atoms with Gasteiger partial charge in [0, 0.05) is 0 Å². The number of rotatable bonds is 6. The third-order valence-electron chi connectivity index (χ3n) is 7.70. The van der Waals surface area contributed by atoms with E-state index in [9.17, 15) is 9.65 Å². The van der Waals surface area contributed by atoms with Crippen molar-refractivity contribution in [2.45, 2.75) is 109 Å². The molecule has 3 heteroatoms. The first kappa shape index (κ1) is 22.3. The molecule has 2 aliphatic rings. The lowest BCUT2D eigenvalue weighted by Gasteiger charge is -2.36. The van der Waals surface area contributed by atoms with Crippen LogP contribution in [0.15, 0.2) is 12.1 Å². The molecule has 2 aliphatic carbocycles. The molecule has 0 unspecified atom stereocenters. The van der Waals surface area contributed by atoms with Gasteiger partial charge in [-0.3, -0.25) is 0 Å². The number of hydrogen-bond donors (Lipinski definition) is 0. The van der Waals surface area contributed by atoms with Gasteiger partial charge in [0.05, 0.1) is 11.6 Å². The Hall–Kier alpha value is -1.43. The molecule has 0 spiro atoms. The largest absolute Gasteiger partial charge is 0.244 e. The summed E-state index contributed by atoms with van der Waals surface area (Å²) in [5.74, 6) is 1.13. The van der Waals surface area contributed by atoms with Crippen LogP contribution in [0, 0.1) is 37.0 Å².